The van der Waals surface area contributed by atoms with Crippen molar-refractivity contribution in [1.29, 1.82) is 0 Å². The molecule has 0 radical (unpaired) electrons. The molecule has 0 unspecified atom stereocenters. The fourth-order valence-electron chi connectivity index (χ4n) is 2.37. The predicted octanol–water partition coefficient (Wildman–Crippen LogP) is 2.51. The third-order valence-corrected chi connectivity index (χ3v) is 4.69. The number of carbonyl (C=O) groups is 1. The average Bonchev–Trinajstić information content (AvgIpc) is 2.71. The van der Waals surface area contributed by atoms with Crippen molar-refractivity contribution >= 4 is 21.4 Å². The van der Waals surface area contributed by atoms with Gasteiger partial charge in [0.1, 0.15) is 0 Å². The molecule has 1 atom stereocenters. The average molecular weight is 333 g/mol. The molecular formula is C14H14F3NO3S. The van der Waals surface area contributed by atoms with E-state index < -0.39 is 33.7 Å². The third-order valence-electron chi connectivity index (χ3n) is 3.32. The minimum atomic E-state index is -5.09. The lowest BCUT2D eigenvalue weighted by Crippen LogP contribution is -2.48. The number of carbonyl (C=O) groups excluding carboxylic acids is 1. The van der Waals surface area contributed by atoms with Crippen LogP contribution < -0.4 is 4.90 Å². The van der Waals surface area contributed by atoms with Gasteiger partial charge in [-0.15, -0.1) is 0 Å². The zero-order valence-corrected chi connectivity index (χ0v) is 12.7. The Morgan fingerprint density at radius 2 is 1.91 bits per heavy atom. The molecule has 0 aliphatic carbocycles. The van der Waals surface area contributed by atoms with Crippen LogP contribution in [-0.4, -0.2) is 32.3 Å². The van der Waals surface area contributed by atoms with Gasteiger partial charge in [-0.25, -0.2) is 8.42 Å². The highest BCUT2D eigenvalue weighted by Crippen LogP contribution is 2.31. The number of aryl methyl sites for hydroxylation is 2. The molecule has 0 N–H and O–H groups in total. The maximum absolute atomic E-state index is 12.9. The monoisotopic (exact) mass is 333 g/mol. The molecular weight excluding hydrogens is 319 g/mol. The molecule has 1 aliphatic heterocycles. The van der Waals surface area contributed by atoms with Gasteiger partial charge in [-0.3, -0.25) is 9.69 Å². The molecule has 1 amide bonds. The van der Waals surface area contributed by atoms with Gasteiger partial charge in [0, 0.05) is 11.1 Å². The second kappa shape index (κ2) is 5.42. The molecule has 0 saturated carbocycles. The van der Waals surface area contributed by atoms with Gasteiger partial charge in [0.25, 0.3) is 0 Å². The predicted molar refractivity (Wildman–Crippen MR) is 76.2 cm³/mol. The van der Waals surface area contributed by atoms with Crippen LogP contribution in [-0.2, 0) is 14.6 Å². The lowest BCUT2D eigenvalue weighted by atomic mass is 10.1. The smallest absolute Gasteiger partial charge is 0.296 e. The van der Waals surface area contributed by atoms with Crippen molar-refractivity contribution in [3.05, 3.63) is 40.8 Å². The van der Waals surface area contributed by atoms with Crippen LogP contribution in [0.3, 0.4) is 0 Å². The van der Waals surface area contributed by atoms with Crippen LogP contribution >= 0.6 is 0 Å². The van der Waals surface area contributed by atoms with E-state index >= 15 is 0 Å². The van der Waals surface area contributed by atoms with Crippen LogP contribution in [0.25, 0.3) is 0 Å². The van der Waals surface area contributed by atoms with Crippen molar-refractivity contribution in [3.63, 3.8) is 0 Å². The normalized spacial score (nSPS) is 20.1. The number of rotatable bonds is 2. The molecule has 2 rings (SSSR count). The Morgan fingerprint density at radius 1 is 1.27 bits per heavy atom. The Kier molecular flexibility index (Phi) is 4.08. The zero-order valence-electron chi connectivity index (χ0n) is 11.9. The van der Waals surface area contributed by atoms with E-state index in [-0.39, 0.29) is 5.69 Å². The molecule has 1 heterocycles. The third kappa shape index (κ3) is 3.32. The van der Waals surface area contributed by atoms with E-state index in [1.54, 1.807) is 26.0 Å². The van der Waals surface area contributed by atoms with E-state index in [1.165, 1.54) is 6.07 Å². The number of hydrogen-bond donors (Lipinski definition) is 0. The van der Waals surface area contributed by atoms with E-state index in [0.29, 0.717) is 10.5 Å². The lowest BCUT2D eigenvalue weighted by molar-refractivity contribution is -0.170. The number of amides is 1. The molecule has 120 valence electrons. The largest absolute Gasteiger partial charge is 0.471 e. The van der Waals surface area contributed by atoms with Crippen LogP contribution in [0.2, 0.25) is 0 Å². The number of benzene rings is 1. The van der Waals surface area contributed by atoms with Gasteiger partial charge in [0.15, 0.2) is 9.84 Å². The first-order chi connectivity index (χ1) is 10.0. The summed E-state index contributed by atoms with van der Waals surface area (Å²) in [5.41, 5.74) is 1.35. The molecule has 22 heavy (non-hydrogen) atoms. The van der Waals surface area contributed by atoms with E-state index in [0.717, 1.165) is 17.0 Å². The SMILES string of the molecule is Cc1ccc(N(C(=O)C(F)(F)F)[C@H]2C=CS(=O)(=O)C2)c(C)c1. The number of hydrogen-bond acceptors (Lipinski definition) is 3. The van der Waals surface area contributed by atoms with Gasteiger partial charge < -0.3 is 0 Å². The van der Waals surface area contributed by atoms with E-state index in [4.69, 9.17) is 0 Å². The standard InChI is InChI=1S/C14H14F3NO3S/c1-9-3-4-12(10(2)7-9)18(13(19)14(15,16)17)11-5-6-22(20,21)8-11/h3-7,11H,8H2,1-2H3/t11-/m0/s1. The quantitative estimate of drug-likeness (QED) is 0.836. The maximum atomic E-state index is 12.9. The van der Waals surface area contributed by atoms with E-state index in [1.807, 2.05) is 0 Å². The Balaban J connectivity index is 2.52. The first-order valence-electron chi connectivity index (χ1n) is 6.40. The van der Waals surface area contributed by atoms with Crippen molar-refractivity contribution < 1.29 is 26.4 Å². The fourth-order valence-corrected chi connectivity index (χ4v) is 3.64. The number of alkyl halides is 3. The highest BCUT2D eigenvalue weighted by molar-refractivity contribution is 7.94. The van der Waals surface area contributed by atoms with Crippen molar-refractivity contribution in [2.75, 3.05) is 10.7 Å². The summed E-state index contributed by atoms with van der Waals surface area (Å²) in [5.74, 6) is -2.63. The zero-order chi connectivity index (χ0) is 16.7. The number of anilines is 1. The van der Waals surface area contributed by atoms with Crippen LogP contribution in [0, 0.1) is 13.8 Å². The van der Waals surface area contributed by atoms with Crippen LogP contribution in [0.1, 0.15) is 11.1 Å². The summed E-state index contributed by atoms with van der Waals surface area (Å²) in [6.07, 6.45) is -3.98. The molecule has 4 nitrogen and oxygen atoms in total. The van der Waals surface area contributed by atoms with Gasteiger partial charge in [-0.05, 0) is 31.6 Å². The molecule has 0 aromatic heterocycles. The minimum Gasteiger partial charge on any atom is -0.296 e. The summed E-state index contributed by atoms with van der Waals surface area (Å²) in [6, 6.07) is 3.44. The van der Waals surface area contributed by atoms with Gasteiger partial charge in [-0.2, -0.15) is 13.2 Å². The summed E-state index contributed by atoms with van der Waals surface area (Å²) in [6.45, 7) is 3.35. The number of nitrogens with zero attached hydrogens (tertiary/aromatic N) is 1. The first-order valence-corrected chi connectivity index (χ1v) is 8.11. The summed E-state index contributed by atoms with van der Waals surface area (Å²) < 4.78 is 61.6. The molecule has 1 aromatic carbocycles. The second-order valence-corrected chi connectivity index (χ2v) is 7.12. The van der Waals surface area contributed by atoms with Crippen LogP contribution in [0.15, 0.2) is 29.7 Å². The van der Waals surface area contributed by atoms with Gasteiger partial charge in [0.05, 0.1) is 11.8 Å². The Bertz CT molecular complexity index is 738. The van der Waals surface area contributed by atoms with Gasteiger partial charge in [-0.1, -0.05) is 17.7 Å². The summed E-state index contributed by atoms with van der Waals surface area (Å²) in [7, 11) is -3.59. The van der Waals surface area contributed by atoms with Gasteiger partial charge in [0.2, 0.25) is 0 Å². The molecule has 0 fully saturated rings. The Labute approximate surface area is 126 Å². The summed E-state index contributed by atoms with van der Waals surface area (Å²) in [5, 5.41) is 0.845. The van der Waals surface area contributed by atoms with Crippen molar-refractivity contribution in [2.24, 2.45) is 0 Å². The fraction of sp³-hybridized carbons (Fsp3) is 0.357. The van der Waals surface area contributed by atoms with Crippen molar-refractivity contribution in [3.8, 4) is 0 Å². The summed E-state index contributed by atoms with van der Waals surface area (Å²) in [4.78, 5) is 12.3. The molecule has 0 spiro atoms. The maximum Gasteiger partial charge on any atom is 0.471 e. The first kappa shape index (κ1) is 16.5. The molecule has 0 saturated heterocycles. The van der Waals surface area contributed by atoms with Crippen LogP contribution in [0.4, 0.5) is 18.9 Å². The summed E-state index contributed by atoms with van der Waals surface area (Å²) >= 11 is 0. The highest BCUT2D eigenvalue weighted by atomic mass is 32.2. The second-order valence-electron chi connectivity index (χ2n) is 5.19. The van der Waals surface area contributed by atoms with Crippen LogP contribution in [0.5, 0.6) is 0 Å². The van der Waals surface area contributed by atoms with E-state index in [2.05, 4.69) is 0 Å². The Hall–Kier alpha value is -1.83. The van der Waals surface area contributed by atoms with E-state index in [9.17, 15) is 26.4 Å². The molecule has 1 aromatic rings. The molecule has 0 bridgehead atoms. The molecule has 1 aliphatic rings. The molecule has 8 heteroatoms. The highest BCUT2D eigenvalue weighted by Gasteiger charge is 2.46. The lowest BCUT2D eigenvalue weighted by Gasteiger charge is -2.29. The number of sulfone groups is 1. The van der Waals surface area contributed by atoms with Crippen molar-refractivity contribution in [2.45, 2.75) is 26.1 Å². The number of halogens is 3. The minimum absolute atomic E-state index is 0.0553. The topological polar surface area (TPSA) is 54.5 Å². The van der Waals surface area contributed by atoms with Crippen molar-refractivity contribution in [1.82, 2.24) is 0 Å². The Morgan fingerprint density at radius 3 is 2.36 bits per heavy atom. The van der Waals surface area contributed by atoms with Gasteiger partial charge >= 0.3 is 12.1 Å².